The zero-order valence-corrected chi connectivity index (χ0v) is 14.2. The van der Waals surface area contributed by atoms with Gasteiger partial charge in [0.2, 0.25) is 5.95 Å². The van der Waals surface area contributed by atoms with E-state index in [-0.39, 0.29) is 5.95 Å². The Labute approximate surface area is 153 Å². The van der Waals surface area contributed by atoms with Crippen molar-refractivity contribution < 1.29 is 0 Å². The Morgan fingerprint density at radius 1 is 0.889 bits per heavy atom. The molecule has 1 aromatic carbocycles. The normalized spacial score (nSPS) is 10.5. The van der Waals surface area contributed by atoms with Crippen molar-refractivity contribution in [1.29, 1.82) is 0 Å². The van der Waals surface area contributed by atoms with Crippen molar-refractivity contribution >= 4 is 34.1 Å². The van der Waals surface area contributed by atoms with E-state index in [1.807, 2.05) is 18.2 Å². The van der Waals surface area contributed by atoms with E-state index >= 15 is 0 Å². The van der Waals surface area contributed by atoms with Crippen LogP contribution in [0.5, 0.6) is 0 Å². The van der Waals surface area contributed by atoms with Gasteiger partial charge in [0.15, 0.2) is 17.1 Å². The average Bonchev–Trinajstić information content (AvgIpc) is 3.36. The summed E-state index contributed by atoms with van der Waals surface area (Å²) in [6.45, 7) is 0.728. The molecule has 0 unspecified atom stereocenters. The first kappa shape index (κ1) is 16.4. The van der Waals surface area contributed by atoms with Crippen LogP contribution >= 0.6 is 0 Å². The lowest BCUT2D eigenvalue weighted by molar-refractivity contribution is 1.10. The van der Waals surface area contributed by atoms with Crippen molar-refractivity contribution in [3.8, 4) is 0 Å². The summed E-state index contributed by atoms with van der Waals surface area (Å²) in [5, 5.41) is 3.27. The van der Waals surface area contributed by atoms with E-state index in [4.69, 9.17) is 5.73 Å². The van der Waals surface area contributed by atoms with Crippen LogP contribution in [0.3, 0.4) is 0 Å². The standard InChI is InChI=1S/C12H11N5.C5H5N5/c1-2-4-9(5-3-1)6-13-11-10-12(15-7-14-10)17-8-16-11;6-5-7-1-3-4(10-5)9-2-8-3/h1-5,7-8H,6H2,(H2,13,14,15,16,17);1-2H,(H3,6,7,8,9,10). The van der Waals surface area contributed by atoms with E-state index in [2.05, 4.69) is 57.3 Å². The number of hydrogen-bond acceptors (Lipinski definition) is 8. The summed E-state index contributed by atoms with van der Waals surface area (Å²) < 4.78 is 0. The van der Waals surface area contributed by atoms with Crippen molar-refractivity contribution in [1.82, 2.24) is 39.9 Å². The molecule has 0 radical (unpaired) electrons. The lowest BCUT2D eigenvalue weighted by atomic mass is 10.2. The summed E-state index contributed by atoms with van der Waals surface area (Å²) in [6.07, 6.45) is 6.28. The second kappa shape index (κ2) is 7.44. The molecule has 0 aliphatic carbocycles. The van der Waals surface area contributed by atoms with Gasteiger partial charge in [0.1, 0.15) is 17.4 Å². The third-order valence-electron chi connectivity index (χ3n) is 3.72. The molecule has 0 spiro atoms. The van der Waals surface area contributed by atoms with E-state index < -0.39 is 0 Å². The van der Waals surface area contributed by atoms with Gasteiger partial charge in [-0.3, -0.25) is 0 Å². The van der Waals surface area contributed by atoms with E-state index in [1.165, 1.54) is 11.9 Å². The first-order chi connectivity index (χ1) is 13.3. The first-order valence-electron chi connectivity index (χ1n) is 8.13. The number of nitrogen functional groups attached to an aromatic ring is 1. The van der Waals surface area contributed by atoms with Crippen LogP contribution in [0.25, 0.3) is 22.3 Å². The molecule has 0 saturated carbocycles. The molecule has 27 heavy (non-hydrogen) atoms. The van der Waals surface area contributed by atoms with Gasteiger partial charge < -0.3 is 21.0 Å². The highest BCUT2D eigenvalue weighted by Gasteiger charge is 2.04. The molecule has 0 aliphatic rings. The largest absolute Gasteiger partial charge is 0.368 e. The number of nitrogens with zero attached hydrogens (tertiary/aromatic N) is 6. The fourth-order valence-electron chi connectivity index (χ4n) is 2.43. The van der Waals surface area contributed by atoms with Gasteiger partial charge in [-0.2, -0.15) is 4.98 Å². The molecule has 134 valence electrons. The molecule has 0 fully saturated rings. The number of nitrogens with two attached hydrogens (primary N) is 1. The zero-order valence-electron chi connectivity index (χ0n) is 14.2. The summed E-state index contributed by atoms with van der Waals surface area (Å²) in [5.74, 6) is 1.02. The van der Waals surface area contributed by atoms with Crippen molar-refractivity contribution in [3.05, 3.63) is 61.1 Å². The molecule has 0 saturated heterocycles. The third kappa shape index (κ3) is 3.79. The SMILES string of the molecule is Nc1ncc2[nH]cnc2n1.c1ccc(CNc2ncnc3nc[nH]c23)cc1. The van der Waals surface area contributed by atoms with Crippen molar-refractivity contribution in [3.63, 3.8) is 0 Å². The van der Waals surface area contributed by atoms with E-state index in [0.717, 1.165) is 23.4 Å². The van der Waals surface area contributed by atoms with Crippen LogP contribution in [0, 0.1) is 0 Å². The maximum Gasteiger partial charge on any atom is 0.222 e. The smallest absolute Gasteiger partial charge is 0.222 e. The Hall–Kier alpha value is -4.08. The average molecular weight is 360 g/mol. The number of fused-ring (bicyclic) bond motifs is 2. The van der Waals surface area contributed by atoms with Gasteiger partial charge in [-0.1, -0.05) is 30.3 Å². The predicted octanol–water partition coefficient (Wildman–Crippen LogP) is 1.90. The number of benzene rings is 1. The zero-order chi connectivity index (χ0) is 18.5. The minimum Gasteiger partial charge on any atom is -0.368 e. The molecule has 0 aliphatic heterocycles. The Kier molecular flexibility index (Phi) is 4.51. The maximum absolute atomic E-state index is 5.31. The molecule has 0 bridgehead atoms. The summed E-state index contributed by atoms with van der Waals surface area (Å²) in [4.78, 5) is 29.8. The third-order valence-corrected chi connectivity index (χ3v) is 3.72. The highest BCUT2D eigenvalue weighted by Crippen LogP contribution is 2.15. The lowest BCUT2D eigenvalue weighted by Gasteiger charge is -2.05. The summed E-state index contributed by atoms with van der Waals surface area (Å²) in [7, 11) is 0. The number of nitrogens with one attached hydrogen (secondary N) is 3. The molecule has 0 amide bonds. The number of aromatic nitrogens is 8. The topological polar surface area (TPSA) is 147 Å². The van der Waals surface area contributed by atoms with Gasteiger partial charge in [-0.05, 0) is 5.56 Å². The van der Waals surface area contributed by atoms with Crippen LogP contribution in [-0.2, 0) is 6.54 Å². The minimum absolute atomic E-state index is 0.250. The van der Waals surface area contributed by atoms with Crippen LogP contribution < -0.4 is 11.1 Å². The molecule has 4 aromatic heterocycles. The molecular formula is C17H16N10. The van der Waals surface area contributed by atoms with E-state index in [0.29, 0.717) is 11.3 Å². The van der Waals surface area contributed by atoms with Crippen LogP contribution in [0.2, 0.25) is 0 Å². The lowest BCUT2D eigenvalue weighted by Crippen LogP contribution is -2.02. The van der Waals surface area contributed by atoms with Crippen LogP contribution in [0.4, 0.5) is 11.8 Å². The van der Waals surface area contributed by atoms with Crippen LogP contribution in [-0.4, -0.2) is 39.9 Å². The van der Waals surface area contributed by atoms with Gasteiger partial charge in [0, 0.05) is 6.54 Å². The predicted molar refractivity (Wildman–Crippen MR) is 102 cm³/mol. The molecule has 5 N–H and O–H groups in total. The number of hydrogen-bond donors (Lipinski definition) is 4. The monoisotopic (exact) mass is 360 g/mol. The molecule has 4 heterocycles. The number of aromatic amines is 2. The molecule has 0 atom stereocenters. The van der Waals surface area contributed by atoms with Gasteiger partial charge in [-0.15, -0.1) is 0 Å². The quantitative estimate of drug-likeness (QED) is 0.381. The Morgan fingerprint density at radius 2 is 1.70 bits per heavy atom. The number of imidazole rings is 2. The van der Waals surface area contributed by atoms with Gasteiger partial charge in [0.05, 0.1) is 18.9 Å². The Morgan fingerprint density at radius 3 is 2.59 bits per heavy atom. The summed E-state index contributed by atoms with van der Waals surface area (Å²) in [5.41, 5.74) is 9.43. The van der Waals surface area contributed by atoms with Gasteiger partial charge >= 0.3 is 0 Å². The van der Waals surface area contributed by atoms with Crippen molar-refractivity contribution in [2.75, 3.05) is 11.1 Å². The highest BCUT2D eigenvalue weighted by atomic mass is 15.1. The summed E-state index contributed by atoms with van der Waals surface area (Å²) in [6, 6.07) is 10.2. The minimum atomic E-state index is 0.250. The number of rotatable bonds is 3. The van der Waals surface area contributed by atoms with E-state index in [9.17, 15) is 0 Å². The highest BCUT2D eigenvalue weighted by molar-refractivity contribution is 5.81. The maximum atomic E-state index is 5.31. The fourth-order valence-corrected chi connectivity index (χ4v) is 2.43. The van der Waals surface area contributed by atoms with Crippen molar-refractivity contribution in [2.24, 2.45) is 0 Å². The number of anilines is 2. The van der Waals surface area contributed by atoms with Crippen molar-refractivity contribution in [2.45, 2.75) is 6.54 Å². The Balaban J connectivity index is 0.000000153. The van der Waals surface area contributed by atoms with Gasteiger partial charge in [-0.25, -0.2) is 24.9 Å². The Bertz CT molecular complexity index is 1150. The molecule has 5 aromatic rings. The molecule has 10 heteroatoms. The van der Waals surface area contributed by atoms with Crippen LogP contribution in [0.15, 0.2) is 55.5 Å². The fraction of sp³-hybridized carbons (Fsp3) is 0.0588. The molecular weight excluding hydrogens is 344 g/mol. The van der Waals surface area contributed by atoms with E-state index in [1.54, 1.807) is 18.9 Å². The second-order valence-electron chi connectivity index (χ2n) is 5.53. The second-order valence-corrected chi connectivity index (χ2v) is 5.53. The summed E-state index contributed by atoms with van der Waals surface area (Å²) >= 11 is 0. The molecule has 5 rings (SSSR count). The first-order valence-corrected chi connectivity index (χ1v) is 8.13. The number of H-pyrrole nitrogens is 2. The molecule has 10 nitrogen and oxygen atoms in total. The van der Waals surface area contributed by atoms with Gasteiger partial charge in [0.25, 0.3) is 0 Å². The van der Waals surface area contributed by atoms with Crippen LogP contribution in [0.1, 0.15) is 5.56 Å².